The monoisotopic (exact) mass is 368 g/mol. The Hall–Kier alpha value is -2.66. The van der Waals surface area contributed by atoms with Gasteiger partial charge in [-0.15, -0.1) is 5.10 Å². The van der Waals surface area contributed by atoms with E-state index in [2.05, 4.69) is 16.1 Å². The van der Waals surface area contributed by atoms with Crippen molar-refractivity contribution < 1.29 is 4.79 Å². The number of anilines is 1. The highest BCUT2D eigenvalue weighted by molar-refractivity contribution is 6.30. The van der Waals surface area contributed by atoms with Crippen LogP contribution in [0.2, 0.25) is 5.02 Å². The fourth-order valence-corrected chi connectivity index (χ4v) is 3.10. The topological polar surface area (TPSA) is 51.0 Å². The minimum Gasteiger partial charge on any atom is -0.306 e. The van der Waals surface area contributed by atoms with Gasteiger partial charge in [-0.25, -0.2) is 9.67 Å². The molecule has 0 saturated carbocycles. The van der Waals surface area contributed by atoms with E-state index >= 15 is 0 Å². The van der Waals surface area contributed by atoms with Crippen molar-refractivity contribution >= 4 is 23.2 Å². The third kappa shape index (κ3) is 3.63. The highest BCUT2D eigenvalue weighted by Gasteiger charge is 2.22. The van der Waals surface area contributed by atoms with Crippen LogP contribution in [0.1, 0.15) is 34.5 Å². The van der Waals surface area contributed by atoms with Crippen molar-refractivity contribution in [2.75, 3.05) is 11.4 Å². The van der Waals surface area contributed by atoms with Gasteiger partial charge < -0.3 is 4.90 Å². The van der Waals surface area contributed by atoms with Gasteiger partial charge in [-0.05, 0) is 75.2 Å². The van der Waals surface area contributed by atoms with E-state index < -0.39 is 0 Å². The predicted molar refractivity (Wildman–Crippen MR) is 104 cm³/mol. The highest BCUT2D eigenvalue weighted by Crippen LogP contribution is 2.21. The second kappa shape index (κ2) is 7.30. The number of halogens is 1. The Morgan fingerprint density at radius 1 is 1.08 bits per heavy atom. The number of amides is 1. The molecule has 0 atom stereocenters. The molecule has 0 spiro atoms. The summed E-state index contributed by atoms with van der Waals surface area (Å²) in [7, 11) is 0. The number of benzene rings is 2. The predicted octanol–water partition coefficient (Wildman–Crippen LogP) is 4.51. The van der Waals surface area contributed by atoms with Crippen molar-refractivity contribution in [2.24, 2.45) is 0 Å². The van der Waals surface area contributed by atoms with E-state index in [1.807, 2.05) is 52.0 Å². The third-order valence-electron chi connectivity index (χ3n) is 4.11. The van der Waals surface area contributed by atoms with Crippen LogP contribution in [-0.2, 0) is 0 Å². The van der Waals surface area contributed by atoms with Crippen molar-refractivity contribution in [1.29, 1.82) is 0 Å². The Labute approximate surface area is 158 Å². The third-order valence-corrected chi connectivity index (χ3v) is 4.36. The molecule has 1 heterocycles. The first kappa shape index (κ1) is 18.1. The van der Waals surface area contributed by atoms with Crippen LogP contribution in [0.4, 0.5) is 5.69 Å². The van der Waals surface area contributed by atoms with Crippen molar-refractivity contribution in [2.45, 2.75) is 27.7 Å². The molecule has 0 bridgehead atoms. The van der Waals surface area contributed by atoms with E-state index in [0.717, 1.165) is 22.5 Å². The molecule has 0 aliphatic heterocycles. The van der Waals surface area contributed by atoms with Crippen molar-refractivity contribution in [3.05, 3.63) is 70.3 Å². The Bertz CT molecular complexity index is 927. The van der Waals surface area contributed by atoms with E-state index in [0.29, 0.717) is 17.4 Å². The van der Waals surface area contributed by atoms with Crippen LogP contribution in [0.3, 0.4) is 0 Å². The van der Waals surface area contributed by atoms with Crippen LogP contribution in [-0.4, -0.2) is 27.2 Å². The van der Waals surface area contributed by atoms with E-state index in [1.54, 1.807) is 21.7 Å². The Morgan fingerprint density at radius 3 is 2.27 bits per heavy atom. The molecule has 0 aliphatic rings. The lowest BCUT2D eigenvalue weighted by molar-refractivity contribution is 0.0978. The summed E-state index contributed by atoms with van der Waals surface area (Å²) in [5.41, 5.74) is 3.90. The lowest BCUT2D eigenvalue weighted by Gasteiger charge is -2.20. The molecule has 0 fully saturated rings. The fourth-order valence-electron chi connectivity index (χ4n) is 2.98. The first-order valence-corrected chi connectivity index (χ1v) is 8.86. The lowest BCUT2D eigenvalue weighted by atomic mass is 10.1. The van der Waals surface area contributed by atoms with Gasteiger partial charge in [0.05, 0.1) is 5.69 Å². The second-order valence-electron chi connectivity index (χ2n) is 6.27. The van der Waals surface area contributed by atoms with Crippen LogP contribution in [0.15, 0.2) is 42.5 Å². The van der Waals surface area contributed by atoms with Crippen LogP contribution < -0.4 is 4.90 Å². The Balaban J connectivity index is 1.96. The molecule has 3 aromatic rings. The molecule has 0 aliphatic carbocycles. The normalized spacial score (nSPS) is 10.8. The molecule has 0 saturated heterocycles. The van der Waals surface area contributed by atoms with E-state index in [-0.39, 0.29) is 11.7 Å². The summed E-state index contributed by atoms with van der Waals surface area (Å²) in [5, 5.41) is 5.07. The van der Waals surface area contributed by atoms with Gasteiger partial charge in [0, 0.05) is 17.3 Å². The lowest BCUT2D eigenvalue weighted by Crippen LogP contribution is -2.31. The zero-order valence-corrected chi connectivity index (χ0v) is 16.1. The maximum absolute atomic E-state index is 13.0. The van der Waals surface area contributed by atoms with Gasteiger partial charge in [-0.1, -0.05) is 17.7 Å². The highest BCUT2D eigenvalue weighted by atomic mass is 35.5. The largest absolute Gasteiger partial charge is 0.306 e. The number of hydrogen-bond donors (Lipinski definition) is 0. The average molecular weight is 369 g/mol. The Morgan fingerprint density at radius 2 is 1.69 bits per heavy atom. The number of carbonyl (C=O) groups excluding carboxylic acids is 1. The Kier molecular flexibility index (Phi) is 5.09. The summed E-state index contributed by atoms with van der Waals surface area (Å²) in [4.78, 5) is 19.1. The summed E-state index contributed by atoms with van der Waals surface area (Å²) >= 11 is 5.94. The van der Waals surface area contributed by atoms with Crippen LogP contribution >= 0.6 is 11.6 Å². The van der Waals surface area contributed by atoms with Gasteiger partial charge in [0.15, 0.2) is 0 Å². The molecule has 0 radical (unpaired) electrons. The first-order valence-electron chi connectivity index (χ1n) is 8.49. The summed E-state index contributed by atoms with van der Waals surface area (Å²) in [6, 6.07) is 13.3. The van der Waals surface area contributed by atoms with Crippen LogP contribution in [0.25, 0.3) is 5.69 Å². The zero-order valence-electron chi connectivity index (χ0n) is 15.3. The standard InChI is InChI=1S/C20H21ClN4O/c1-5-24(18-11-13(2)10-14(3)12-18)20(26)19-22-15(4)25(23-19)17-8-6-16(21)7-9-17/h6-12H,5H2,1-4H3. The van der Waals surface area contributed by atoms with Gasteiger partial charge in [0.2, 0.25) is 5.82 Å². The quantitative estimate of drug-likeness (QED) is 0.680. The molecular formula is C20H21ClN4O. The molecule has 3 rings (SSSR count). The number of nitrogens with zero attached hydrogens (tertiary/aromatic N) is 4. The first-order chi connectivity index (χ1) is 12.4. The number of hydrogen-bond acceptors (Lipinski definition) is 3. The molecule has 2 aromatic carbocycles. The summed E-state index contributed by atoms with van der Waals surface area (Å²) in [6.07, 6.45) is 0. The van der Waals surface area contributed by atoms with Gasteiger partial charge in [-0.3, -0.25) is 4.79 Å². The van der Waals surface area contributed by atoms with E-state index in [9.17, 15) is 4.79 Å². The maximum atomic E-state index is 13.0. The van der Waals surface area contributed by atoms with Gasteiger partial charge in [-0.2, -0.15) is 0 Å². The van der Waals surface area contributed by atoms with Crippen LogP contribution in [0.5, 0.6) is 0 Å². The summed E-state index contributed by atoms with van der Waals surface area (Å²) in [5.74, 6) is 0.610. The number of aryl methyl sites for hydroxylation is 3. The molecule has 134 valence electrons. The van der Waals surface area contributed by atoms with Crippen molar-refractivity contribution in [1.82, 2.24) is 14.8 Å². The summed E-state index contributed by atoms with van der Waals surface area (Å²) < 4.78 is 1.65. The molecule has 26 heavy (non-hydrogen) atoms. The maximum Gasteiger partial charge on any atom is 0.297 e. The average Bonchev–Trinajstić information content (AvgIpc) is 2.97. The van der Waals surface area contributed by atoms with Crippen LogP contribution in [0, 0.1) is 20.8 Å². The smallest absolute Gasteiger partial charge is 0.297 e. The SMILES string of the molecule is CCN(C(=O)c1nc(C)n(-c2ccc(Cl)cc2)n1)c1cc(C)cc(C)c1. The van der Waals surface area contributed by atoms with Gasteiger partial charge in [0.25, 0.3) is 5.91 Å². The second-order valence-corrected chi connectivity index (χ2v) is 6.70. The number of aromatic nitrogens is 3. The molecule has 6 heteroatoms. The fraction of sp³-hybridized carbons (Fsp3) is 0.250. The van der Waals surface area contributed by atoms with Crippen molar-refractivity contribution in [3.8, 4) is 5.69 Å². The molecule has 0 N–H and O–H groups in total. The summed E-state index contributed by atoms with van der Waals surface area (Å²) in [6.45, 7) is 8.35. The minimum atomic E-state index is -0.215. The number of carbonyl (C=O) groups is 1. The van der Waals surface area contributed by atoms with E-state index in [4.69, 9.17) is 11.6 Å². The van der Waals surface area contributed by atoms with E-state index in [1.165, 1.54) is 0 Å². The zero-order chi connectivity index (χ0) is 18.8. The molecule has 1 amide bonds. The van der Waals surface area contributed by atoms with Gasteiger partial charge >= 0.3 is 0 Å². The molecular weight excluding hydrogens is 348 g/mol. The number of rotatable bonds is 4. The van der Waals surface area contributed by atoms with Crippen molar-refractivity contribution in [3.63, 3.8) is 0 Å². The molecule has 5 nitrogen and oxygen atoms in total. The molecule has 1 aromatic heterocycles. The minimum absolute atomic E-state index is 0.179. The van der Waals surface area contributed by atoms with Gasteiger partial charge in [0.1, 0.15) is 5.82 Å². The molecule has 0 unspecified atom stereocenters.